The Labute approximate surface area is 173 Å². The van der Waals surface area contributed by atoms with Crippen LogP contribution in [-0.2, 0) is 4.79 Å². The fourth-order valence-electron chi connectivity index (χ4n) is 3.75. The molecule has 29 heavy (non-hydrogen) atoms. The minimum Gasteiger partial charge on any atom is -0.310 e. The zero-order chi connectivity index (χ0) is 20.7. The second-order valence-electron chi connectivity index (χ2n) is 7.21. The summed E-state index contributed by atoms with van der Waals surface area (Å²) in [5.41, 5.74) is 0.503. The van der Waals surface area contributed by atoms with Gasteiger partial charge in [-0.05, 0) is 24.3 Å². The number of fused-ring (bicyclic) bond motifs is 1. The minimum atomic E-state index is -0.802. The van der Waals surface area contributed by atoms with Crippen LogP contribution < -0.4 is 5.32 Å². The van der Waals surface area contributed by atoms with Crippen LogP contribution in [-0.4, -0.2) is 102 Å². The van der Waals surface area contributed by atoms with Gasteiger partial charge in [-0.25, -0.2) is 9.69 Å². The normalized spacial score (nSPS) is 22.2. The van der Waals surface area contributed by atoms with Crippen LogP contribution in [0, 0.1) is 0 Å². The van der Waals surface area contributed by atoms with Gasteiger partial charge in [0.05, 0.1) is 13.1 Å². The smallest absolute Gasteiger partial charge is 0.310 e. The van der Waals surface area contributed by atoms with Gasteiger partial charge in [0, 0.05) is 37.8 Å². The topological polar surface area (TPSA) is 88.3 Å². The van der Waals surface area contributed by atoms with Gasteiger partial charge in [-0.15, -0.1) is 0 Å². The van der Waals surface area contributed by atoms with E-state index in [0.29, 0.717) is 35.5 Å². The monoisotopic (exact) mass is 417 g/mol. The molecule has 1 N–H and O–H groups in total. The van der Waals surface area contributed by atoms with E-state index in [1.54, 1.807) is 36.2 Å². The number of amides is 3. The number of ketones is 1. The molecule has 3 amide bonds. The fourth-order valence-corrected chi connectivity index (χ4v) is 3.87. The molecule has 3 heterocycles. The molecule has 3 aliphatic heterocycles. The number of rotatable bonds is 3. The molecule has 4 rings (SSSR count). The molecule has 0 bridgehead atoms. The van der Waals surface area contributed by atoms with Crippen molar-refractivity contribution in [3.63, 3.8) is 0 Å². The summed E-state index contributed by atoms with van der Waals surface area (Å²) in [6, 6.07) is 5.41. The van der Waals surface area contributed by atoms with E-state index in [4.69, 9.17) is 11.6 Å². The molecule has 0 saturated carbocycles. The van der Waals surface area contributed by atoms with Crippen molar-refractivity contribution in [1.82, 2.24) is 20.0 Å². The number of Topliss-reactive ketones (excluding diaryl/α,β-unsaturated/α-hetero) is 1. The van der Waals surface area contributed by atoms with Gasteiger partial charge in [0.25, 0.3) is 5.91 Å². The maximum atomic E-state index is 13.0. The Morgan fingerprint density at radius 3 is 2.48 bits per heavy atom. The van der Waals surface area contributed by atoms with Crippen LogP contribution >= 0.6 is 11.6 Å². The standard InChI is InChI=1S/C19H22ClN6O3/c1-23-16-15(17(28)24(2)19(23)29)26(18(22-16)25-9-7-21-8-10-25)11-14(27)12-3-5-13(20)6-4-12/h3-6,15,21H,7-11H2,1-2H3/q+1. The SMILES string of the molecule is CN1C(=O)C2C(=NC(=[N+]3CCNCC3)N2CC(=O)c2ccc(Cl)cc2)N(C)C1=O. The largest absolute Gasteiger partial charge is 0.392 e. The third-order valence-corrected chi connectivity index (χ3v) is 5.64. The van der Waals surface area contributed by atoms with Crippen molar-refractivity contribution in [3.8, 4) is 0 Å². The first-order valence-corrected chi connectivity index (χ1v) is 9.78. The lowest BCUT2D eigenvalue weighted by molar-refractivity contribution is -0.537. The van der Waals surface area contributed by atoms with Crippen LogP contribution in [0.5, 0.6) is 0 Å². The lowest BCUT2D eigenvalue weighted by Crippen LogP contribution is -2.63. The van der Waals surface area contributed by atoms with Crippen molar-refractivity contribution in [2.24, 2.45) is 4.99 Å². The van der Waals surface area contributed by atoms with E-state index in [2.05, 4.69) is 10.3 Å². The summed E-state index contributed by atoms with van der Waals surface area (Å²) in [7, 11) is 3.04. The molecular weight excluding hydrogens is 396 g/mol. The fraction of sp³-hybridized carbons (Fsp3) is 0.421. The number of hydrogen-bond donors (Lipinski definition) is 1. The summed E-state index contributed by atoms with van der Waals surface area (Å²) in [5.74, 6) is 0.370. The third-order valence-electron chi connectivity index (χ3n) is 5.39. The number of guanidine groups is 1. The van der Waals surface area contributed by atoms with Gasteiger partial charge in [-0.1, -0.05) is 16.6 Å². The van der Waals surface area contributed by atoms with Gasteiger partial charge in [0.1, 0.15) is 6.54 Å². The zero-order valence-electron chi connectivity index (χ0n) is 16.3. The first kappa shape index (κ1) is 19.5. The molecule has 0 radical (unpaired) electrons. The molecule has 0 aromatic heterocycles. The highest BCUT2D eigenvalue weighted by Gasteiger charge is 2.55. The Balaban J connectivity index is 1.72. The van der Waals surface area contributed by atoms with Crippen LogP contribution in [0.4, 0.5) is 4.79 Å². The second kappa shape index (κ2) is 7.57. The van der Waals surface area contributed by atoms with Crippen molar-refractivity contribution >= 4 is 41.1 Å². The Kier molecular flexibility index (Phi) is 5.10. The number of carbonyl (C=O) groups is 3. The summed E-state index contributed by atoms with van der Waals surface area (Å²) in [4.78, 5) is 47.1. The molecule has 2 saturated heterocycles. The number of hydrogen-bond acceptors (Lipinski definition) is 4. The van der Waals surface area contributed by atoms with Crippen molar-refractivity contribution in [3.05, 3.63) is 34.9 Å². The van der Waals surface area contributed by atoms with Gasteiger partial charge >= 0.3 is 12.0 Å². The lowest BCUT2D eigenvalue weighted by Gasteiger charge is -2.33. The average Bonchev–Trinajstić information content (AvgIpc) is 3.11. The quantitative estimate of drug-likeness (QED) is 0.556. The molecule has 9 nitrogen and oxygen atoms in total. The number of aliphatic imine (C=N–C) groups is 1. The highest BCUT2D eigenvalue weighted by atomic mass is 35.5. The number of urea groups is 1. The van der Waals surface area contributed by atoms with E-state index in [1.165, 1.54) is 11.9 Å². The summed E-state index contributed by atoms with van der Waals surface area (Å²) in [6.45, 7) is 2.93. The zero-order valence-corrected chi connectivity index (χ0v) is 17.0. The first-order valence-electron chi connectivity index (χ1n) is 9.40. The molecule has 152 valence electrons. The molecule has 0 aliphatic carbocycles. The van der Waals surface area contributed by atoms with Crippen molar-refractivity contribution in [1.29, 1.82) is 0 Å². The number of benzene rings is 1. The summed E-state index contributed by atoms with van der Waals surface area (Å²) in [6.07, 6.45) is 0. The van der Waals surface area contributed by atoms with E-state index >= 15 is 0 Å². The van der Waals surface area contributed by atoms with E-state index in [-0.39, 0.29) is 18.2 Å². The number of carbonyl (C=O) groups excluding carboxylic acids is 3. The van der Waals surface area contributed by atoms with Crippen LogP contribution in [0.3, 0.4) is 0 Å². The number of nitrogens with one attached hydrogen (secondary N) is 1. The summed E-state index contributed by atoms with van der Waals surface area (Å²) in [5, 5.41) is 3.83. The molecule has 3 aliphatic rings. The summed E-state index contributed by atoms with van der Waals surface area (Å²) >= 11 is 5.92. The highest BCUT2D eigenvalue weighted by Crippen LogP contribution is 2.23. The number of imide groups is 1. The Morgan fingerprint density at radius 1 is 1.17 bits per heavy atom. The van der Waals surface area contributed by atoms with E-state index in [1.807, 2.05) is 4.58 Å². The Hall–Kier alpha value is -2.78. The Bertz CT molecular complexity index is 934. The summed E-state index contributed by atoms with van der Waals surface area (Å²) < 4.78 is 2.04. The molecule has 2 fully saturated rings. The van der Waals surface area contributed by atoms with Crippen LogP contribution in [0.1, 0.15) is 10.4 Å². The number of likely N-dealkylation sites (N-methyl/N-ethyl adjacent to an activating group) is 2. The van der Waals surface area contributed by atoms with Gasteiger partial charge in [-0.2, -0.15) is 0 Å². The van der Waals surface area contributed by atoms with Gasteiger partial charge < -0.3 is 5.32 Å². The molecule has 10 heteroatoms. The maximum absolute atomic E-state index is 13.0. The average molecular weight is 418 g/mol. The van der Waals surface area contributed by atoms with Crippen molar-refractivity contribution in [2.45, 2.75) is 6.04 Å². The Morgan fingerprint density at radius 2 is 1.83 bits per heavy atom. The predicted octanol–water partition coefficient (Wildman–Crippen LogP) is 0.101. The first-order chi connectivity index (χ1) is 13.9. The predicted molar refractivity (Wildman–Crippen MR) is 108 cm³/mol. The third kappa shape index (κ3) is 3.40. The maximum Gasteiger partial charge on any atom is 0.392 e. The molecule has 1 aromatic carbocycles. The highest BCUT2D eigenvalue weighted by molar-refractivity contribution is 6.30. The molecular formula is C19H22ClN6O3+. The van der Waals surface area contributed by atoms with Gasteiger partial charge in [-0.3, -0.25) is 24.0 Å². The van der Waals surface area contributed by atoms with E-state index in [9.17, 15) is 14.4 Å². The lowest BCUT2D eigenvalue weighted by atomic mass is 10.1. The molecule has 1 unspecified atom stereocenters. The van der Waals surface area contributed by atoms with Crippen molar-refractivity contribution in [2.75, 3.05) is 46.8 Å². The number of nitrogens with zero attached hydrogens (tertiary/aromatic N) is 5. The van der Waals surface area contributed by atoms with Crippen LogP contribution in [0.25, 0.3) is 0 Å². The second-order valence-corrected chi connectivity index (χ2v) is 7.64. The van der Waals surface area contributed by atoms with Gasteiger partial charge in [0.15, 0.2) is 5.78 Å². The molecule has 0 spiro atoms. The number of amidine groups is 1. The molecule has 1 atom stereocenters. The van der Waals surface area contributed by atoms with Crippen molar-refractivity contribution < 1.29 is 19.0 Å². The van der Waals surface area contributed by atoms with E-state index < -0.39 is 12.1 Å². The number of halogens is 1. The van der Waals surface area contributed by atoms with E-state index in [0.717, 1.165) is 18.0 Å². The molecule has 1 aromatic rings. The minimum absolute atomic E-state index is 0.0276. The van der Waals surface area contributed by atoms with Gasteiger partial charge in [0.2, 0.25) is 11.9 Å². The van der Waals surface area contributed by atoms with Crippen LogP contribution in [0.2, 0.25) is 5.02 Å². The van der Waals surface area contributed by atoms with Crippen LogP contribution in [0.15, 0.2) is 29.3 Å². The number of piperazine rings is 1.